The zero-order valence-electron chi connectivity index (χ0n) is 17.7. The maximum atomic E-state index is 12.1. The summed E-state index contributed by atoms with van der Waals surface area (Å²) in [7, 11) is 1.53. The molecule has 0 unspecified atom stereocenters. The number of rotatable bonds is 9. The minimum atomic E-state index is -0.835. The quantitative estimate of drug-likeness (QED) is 0.322. The fraction of sp³-hybridized carbons (Fsp3) is 0.273. The smallest absolute Gasteiger partial charge is 0.329 e. The van der Waals surface area contributed by atoms with E-state index >= 15 is 0 Å². The lowest BCUT2D eigenvalue weighted by atomic mass is 10.2. The summed E-state index contributed by atoms with van der Waals surface area (Å²) in [6.07, 6.45) is 1.39. The number of nitrogens with zero attached hydrogens (tertiary/aromatic N) is 1. The number of methoxy groups -OCH3 is 1. The number of hydrazone groups is 1. The average Bonchev–Trinajstić information content (AvgIpc) is 2.77. The minimum Gasteiger partial charge on any atom is -0.495 e. The van der Waals surface area contributed by atoms with Crippen molar-refractivity contribution >= 4 is 29.6 Å². The van der Waals surface area contributed by atoms with Crippen molar-refractivity contribution in [2.45, 2.75) is 13.8 Å². The first-order valence-electron chi connectivity index (χ1n) is 9.66. The van der Waals surface area contributed by atoms with Crippen LogP contribution < -0.4 is 25.5 Å². The molecule has 0 spiro atoms. The minimum absolute atomic E-state index is 0.174. The first kappa shape index (κ1) is 23.4. The SMILES string of the molecule is COc1ccccc1NC(=O)COc1ccc(/C=N\NC(=O)C(=O)NCC(C)C)cc1. The lowest BCUT2D eigenvalue weighted by molar-refractivity contribution is -0.139. The zero-order chi connectivity index (χ0) is 22.6. The van der Waals surface area contributed by atoms with E-state index in [1.54, 1.807) is 42.5 Å². The van der Waals surface area contributed by atoms with Crippen molar-refractivity contribution in [3.63, 3.8) is 0 Å². The molecule has 3 amide bonds. The maximum Gasteiger partial charge on any atom is 0.329 e. The summed E-state index contributed by atoms with van der Waals surface area (Å²) in [5.74, 6) is -0.603. The molecule has 0 saturated carbocycles. The highest BCUT2D eigenvalue weighted by atomic mass is 16.5. The van der Waals surface area contributed by atoms with Crippen LogP contribution in [-0.4, -0.2) is 44.2 Å². The first-order valence-corrected chi connectivity index (χ1v) is 9.66. The van der Waals surface area contributed by atoms with Crippen LogP contribution in [0.25, 0.3) is 0 Å². The molecule has 0 atom stereocenters. The number of nitrogens with one attached hydrogen (secondary N) is 3. The van der Waals surface area contributed by atoms with Crippen molar-refractivity contribution in [1.82, 2.24) is 10.7 Å². The third-order valence-electron chi connectivity index (χ3n) is 3.89. The van der Waals surface area contributed by atoms with Crippen molar-refractivity contribution in [3.8, 4) is 11.5 Å². The van der Waals surface area contributed by atoms with E-state index in [2.05, 4.69) is 21.2 Å². The molecule has 0 aliphatic carbocycles. The number of anilines is 1. The van der Waals surface area contributed by atoms with E-state index in [1.165, 1.54) is 13.3 Å². The second-order valence-electron chi connectivity index (χ2n) is 6.91. The summed E-state index contributed by atoms with van der Waals surface area (Å²) >= 11 is 0. The van der Waals surface area contributed by atoms with Crippen molar-refractivity contribution in [1.29, 1.82) is 0 Å². The van der Waals surface area contributed by atoms with E-state index in [0.717, 1.165) is 0 Å². The Morgan fingerprint density at radius 2 is 1.74 bits per heavy atom. The molecule has 3 N–H and O–H groups in total. The molecule has 0 heterocycles. The molecule has 0 radical (unpaired) electrons. The highest BCUT2D eigenvalue weighted by molar-refractivity contribution is 6.35. The molecule has 2 aromatic carbocycles. The van der Waals surface area contributed by atoms with Gasteiger partial charge in [0.1, 0.15) is 11.5 Å². The van der Waals surface area contributed by atoms with Crippen molar-refractivity contribution in [2.75, 3.05) is 25.6 Å². The largest absolute Gasteiger partial charge is 0.495 e. The molecule has 9 nitrogen and oxygen atoms in total. The van der Waals surface area contributed by atoms with E-state index in [1.807, 2.05) is 19.9 Å². The number of hydrogen-bond donors (Lipinski definition) is 3. The normalized spacial score (nSPS) is 10.6. The lowest BCUT2D eigenvalue weighted by Crippen LogP contribution is -2.39. The second kappa shape index (κ2) is 12.0. The van der Waals surface area contributed by atoms with E-state index in [4.69, 9.17) is 9.47 Å². The van der Waals surface area contributed by atoms with Crippen molar-refractivity contribution < 1.29 is 23.9 Å². The number of carbonyl (C=O) groups excluding carboxylic acids is 3. The van der Waals surface area contributed by atoms with E-state index in [-0.39, 0.29) is 18.4 Å². The fourth-order valence-corrected chi connectivity index (χ4v) is 2.33. The molecule has 2 rings (SSSR count). The first-order chi connectivity index (χ1) is 14.9. The van der Waals surface area contributed by atoms with Gasteiger partial charge in [0.2, 0.25) is 0 Å². The summed E-state index contributed by atoms with van der Waals surface area (Å²) < 4.78 is 10.7. The van der Waals surface area contributed by atoms with Crippen LogP contribution in [0.4, 0.5) is 5.69 Å². The van der Waals surface area contributed by atoms with Gasteiger partial charge in [0.05, 0.1) is 19.0 Å². The Morgan fingerprint density at radius 1 is 1.03 bits per heavy atom. The average molecular weight is 426 g/mol. The summed E-state index contributed by atoms with van der Waals surface area (Å²) in [5, 5.41) is 8.98. The molecule has 0 aliphatic rings. The molecule has 2 aromatic rings. The summed E-state index contributed by atoms with van der Waals surface area (Å²) in [6, 6.07) is 13.8. The highest BCUT2D eigenvalue weighted by Gasteiger charge is 2.12. The van der Waals surface area contributed by atoms with E-state index < -0.39 is 11.8 Å². The number of hydrogen-bond acceptors (Lipinski definition) is 6. The van der Waals surface area contributed by atoms with Gasteiger partial charge in [-0.2, -0.15) is 5.10 Å². The molecule has 9 heteroatoms. The maximum absolute atomic E-state index is 12.1. The van der Waals surface area contributed by atoms with Crippen LogP contribution in [0.15, 0.2) is 53.6 Å². The molecule has 0 aliphatic heterocycles. The predicted molar refractivity (Wildman–Crippen MR) is 117 cm³/mol. The van der Waals surface area contributed by atoms with Gasteiger partial charge in [0.25, 0.3) is 5.91 Å². The van der Waals surface area contributed by atoms with Gasteiger partial charge in [-0.1, -0.05) is 26.0 Å². The number of benzene rings is 2. The van der Waals surface area contributed by atoms with Gasteiger partial charge in [-0.3, -0.25) is 14.4 Å². The summed E-state index contributed by atoms with van der Waals surface area (Å²) in [6.45, 7) is 4.09. The topological polar surface area (TPSA) is 118 Å². The van der Waals surface area contributed by atoms with E-state index in [9.17, 15) is 14.4 Å². The van der Waals surface area contributed by atoms with Crippen LogP contribution in [0.1, 0.15) is 19.4 Å². The molecule has 0 aromatic heterocycles. The zero-order valence-corrected chi connectivity index (χ0v) is 17.7. The van der Waals surface area contributed by atoms with Crippen LogP contribution in [0, 0.1) is 5.92 Å². The van der Waals surface area contributed by atoms with Crippen LogP contribution >= 0.6 is 0 Å². The molecule has 31 heavy (non-hydrogen) atoms. The van der Waals surface area contributed by atoms with Gasteiger partial charge in [-0.05, 0) is 47.9 Å². The monoisotopic (exact) mass is 426 g/mol. The third kappa shape index (κ3) is 8.17. The summed E-state index contributed by atoms with van der Waals surface area (Å²) in [4.78, 5) is 35.3. The Kier molecular flexibility index (Phi) is 9.03. The summed E-state index contributed by atoms with van der Waals surface area (Å²) in [5.41, 5.74) is 3.40. The number of para-hydroxylation sites is 2. The third-order valence-corrected chi connectivity index (χ3v) is 3.89. The van der Waals surface area contributed by atoms with Gasteiger partial charge in [0, 0.05) is 6.54 Å². The molecule has 0 bridgehead atoms. The van der Waals surface area contributed by atoms with Gasteiger partial charge in [-0.15, -0.1) is 0 Å². The van der Waals surface area contributed by atoms with Gasteiger partial charge in [0.15, 0.2) is 6.61 Å². The van der Waals surface area contributed by atoms with Crippen LogP contribution in [0.5, 0.6) is 11.5 Å². The predicted octanol–water partition coefficient (Wildman–Crippen LogP) is 1.93. The number of ether oxygens (including phenoxy) is 2. The van der Waals surface area contributed by atoms with Gasteiger partial charge < -0.3 is 20.1 Å². The molecular weight excluding hydrogens is 400 g/mol. The Hall–Kier alpha value is -3.88. The molecular formula is C22H26N4O5. The Morgan fingerprint density at radius 3 is 2.42 bits per heavy atom. The van der Waals surface area contributed by atoms with Crippen molar-refractivity contribution in [3.05, 3.63) is 54.1 Å². The van der Waals surface area contributed by atoms with Crippen LogP contribution in [-0.2, 0) is 14.4 Å². The van der Waals surface area contributed by atoms with Crippen LogP contribution in [0.2, 0.25) is 0 Å². The Bertz CT molecular complexity index is 926. The number of carbonyl (C=O) groups is 3. The lowest BCUT2D eigenvalue weighted by Gasteiger charge is -2.10. The van der Waals surface area contributed by atoms with Gasteiger partial charge >= 0.3 is 11.8 Å². The van der Waals surface area contributed by atoms with Crippen LogP contribution in [0.3, 0.4) is 0 Å². The molecule has 164 valence electrons. The Balaban J connectivity index is 1.78. The fourth-order valence-electron chi connectivity index (χ4n) is 2.33. The van der Waals surface area contributed by atoms with Gasteiger partial charge in [-0.25, -0.2) is 5.43 Å². The van der Waals surface area contributed by atoms with E-state index in [0.29, 0.717) is 29.3 Å². The molecule has 0 fully saturated rings. The standard InChI is InChI=1S/C22H26N4O5/c1-15(2)12-23-21(28)22(29)26-24-13-16-8-10-17(11-9-16)31-14-20(27)25-18-6-4-5-7-19(18)30-3/h4-11,13,15H,12,14H2,1-3H3,(H,23,28)(H,25,27)(H,26,29)/b24-13-. The Labute approximate surface area is 180 Å². The number of amides is 3. The van der Waals surface area contributed by atoms with Crippen molar-refractivity contribution in [2.24, 2.45) is 11.0 Å². The second-order valence-corrected chi connectivity index (χ2v) is 6.91. The highest BCUT2D eigenvalue weighted by Crippen LogP contribution is 2.22. The molecule has 0 saturated heterocycles.